The summed E-state index contributed by atoms with van der Waals surface area (Å²) in [5.41, 5.74) is 2.91. The molecule has 124 valence electrons. The van der Waals surface area contributed by atoms with Gasteiger partial charge in [0.25, 0.3) is 0 Å². The molecule has 0 saturated carbocycles. The van der Waals surface area contributed by atoms with Crippen molar-refractivity contribution >= 4 is 36.9 Å². The van der Waals surface area contributed by atoms with Crippen LogP contribution in [0.4, 0.5) is 0 Å². The van der Waals surface area contributed by atoms with Gasteiger partial charge in [-0.1, -0.05) is 0 Å². The number of fused-ring (bicyclic) bond motifs is 1. The molecule has 3 aromatic rings. The van der Waals surface area contributed by atoms with Crippen molar-refractivity contribution in [2.24, 2.45) is 0 Å². The fourth-order valence-corrected chi connectivity index (χ4v) is 6.03. The fraction of sp³-hybridized carbons (Fsp3) is 0.0952. The molecule has 1 amide bonds. The molecule has 1 heterocycles. The summed E-state index contributed by atoms with van der Waals surface area (Å²) in [6.45, 7) is 0. The molecule has 0 fully saturated rings. The molecular weight excluding hydrogens is 397 g/mol. The third-order valence-electron chi connectivity index (χ3n) is 4.32. The summed E-state index contributed by atoms with van der Waals surface area (Å²) in [4.78, 5) is 12.8. The van der Waals surface area contributed by atoms with Gasteiger partial charge in [-0.3, -0.25) is 0 Å². The Balaban J connectivity index is 1.82. The average Bonchev–Trinajstić information content (AvgIpc) is 2.65. The van der Waals surface area contributed by atoms with E-state index in [1.807, 2.05) is 36.4 Å². The quantitative estimate of drug-likeness (QED) is 0.650. The minimum absolute atomic E-state index is 0.0272. The second-order valence-electron chi connectivity index (χ2n) is 5.94. The zero-order valence-electron chi connectivity index (χ0n) is 13.4. The van der Waals surface area contributed by atoms with Crippen LogP contribution in [0.3, 0.4) is 0 Å². The molecule has 1 aliphatic rings. The van der Waals surface area contributed by atoms with Crippen LogP contribution in [0.1, 0.15) is 32.3 Å². The number of hydrogen-bond donors (Lipinski definition) is 1. The first-order valence-corrected chi connectivity index (χ1v) is 10.3. The predicted molar refractivity (Wildman–Crippen MR) is 103 cm³/mol. The number of carbonyl (C=O) groups is 1. The van der Waals surface area contributed by atoms with Crippen LogP contribution >= 0.6 is 11.6 Å². The van der Waals surface area contributed by atoms with Crippen LogP contribution in [0.5, 0.6) is 0 Å². The molecule has 0 aliphatic carbocycles. The van der Waals surface area contributed by atoms with Crippen molar-refractivity contribution in [3.05, 3.63) is 101 Å². The first-order chi connectivity index (χ1) is 12.2. The van der Waals surface area contributed by atoms with Gasteiger partial charge in [-0.25, -0.2) is 0 Å². The van der Waals surface area contributed by atoms with Gasteiger partial charge in [0.2, 0.25) is 0 Å². The van der Waals surface area contributed by atoms with Gasteiger partial charge in [-0.15, -0.1) is 0 Å². The number of halogens is 1. The molecule has 2 atom stereocenters. The van der Waals surface area contributed by atoms with Crippen molar-refractivity contribution in [2.75, 3.05) is 0 Å². The van der Waals surface area contributed by atoms with Crippen molar-refractivity contribution in [2.45, 2.75) is 10.9 Å². The molecule has 0 radical (unpaired) electrons. The van der Waals surface area contributed by atoms with Crippen LogP contribution in [0.25, 0.3) is 0 Å². The molecule has 2 nitrogen and oxygen atoms in total. The van der Waals surface area contributed by atoms with Gasteiger partial charge in [0.1, 0.15) is 0 Å². The Labute approximate surface area is 158 Å². The van der Waals surface area contributed by atoms with E-state index in [0.29, 0.717) is 5.02 Å². The van der Waals surface area contributed by atoms with E-state index in [4.69, 9.17) is 11.6 Å². The van der Waals surface area contributed by atoms with Gasteiger partial charge >= 0.3 is 158 Å². The molecule has 0 spiro atoms. The Kier molecular flexibility index (Phi) is 4.63. The predicted octanol–water partition coefficient (Wildman–Crippen LogP) is 3.90. The van der Waals surface area contributed by atoms with Gasteiger partial charge in [0.15, 0.2) is 0 Å². The summed E-state index contributed by atoms with van der Waals surface area (Å²) in [6, 6.07) is 26.2. The van der Waals surface area contributed by atoms with Crippen LogP contribution in [-0.4, -0.2) is 20.9 Å². The Morgan fingerprint density at radius 1 is 0.880 bits per heavy atom. The van der Waals surface area contributed by atoms with E-state index >= 15 is 0 Å². The third-order valence-corrected chi connectivity index (χ3v) is 7.33. The number of carbonyl (C=O) groups excluding carboxylic acids is 1. The Morgan fingerprint density at radius 2 is 1.56 bits per heavy atom. The Hall–Kier alpha value is -2.06. The van der Waals surface area contributed by atoms with E-state index in [2.05, 4.69) is 41.7 Å². The van der Waals surface area contributed by atoms with Gasteiger partial charge < -0.3 is 0 Å². The maximum absolute atomic E-state index is 12.6. The normalized spacial score (nSPS) is 19.2. The molecule has 2 unspecified atom stereocenters. The summed E-state index contributed by atoms with van der Waals surface area (Å²) >= 11 is 6.42. The number of benzene rings is 3. The van der Waals surface area contributed by atoms with Crippen LogP contribution in [-0.2, 0) is 0 Å². The van der Waals surface area contributed by atoms with Gasteiger partial charge in [-0.2, -0.15) is 0 Å². The summed E-state index contributed by atoms with van der Waals surface area (Å²) in [5.74, 6) is -0.0272. The molecule has 4 heteroatoms. The fourth-order valence-electron chi connectivity index (χ4n) is 3.15. The zero-order chi connectivity index (χ0) is 17.2. The SMILES string of the molecule is O=C1NC(c2ccccc2)C([Se]c2ccccc2)c2cc(Cl)ccc21. The van der Waals surface area contributed by atoms with Crippen LogP contribution in [0.15, 0.2) is 78.9 Å². The maximum atomic E-state index is 12.6. The van der Waals surface area contributed by atoms with E-state index in [1.54, 1.807) is 6.07 Å². The van der Waals surface area contributed by atoms with E-state index in [1.165, 1.54) is 4.46 Å². The molecule has 0 aromatic heterocycles. The molecule has 0 bridgehead atoms. The Bertz CT molecular complexity index is 898. The van der Waals surface area contributed by atoms with E-state index in [0.717, 1.165) is 16.7 Å². The third kappa shape index (κ3) is 3.36. The van der Waals surface area contributed by atoms with Crippen LogP contribution in [0.2, 0.25) is 5.02 Å². The molecule has 3 aromatic carbocycles. The number of hydrogen-bond acceptors (Lipinski definition) is 1. The van der Waals surface area contributed by atoms with Crippen molar-refractivity contribution in [3.8, 4) is 0 Å². The van der Waals surface area contributed by atoms with Crippen molar-refractivity contribution in [1.29, 1.82) is 0 Å². The van der Waals surface area contributed by atoms with Gasteiger partial charge in [0.05, 0.1) is 0 Å². The molecule has 0 saturated heterocycles. The first kappa shape index (κ1) is 16.4. The second kappa shape index (κ2) is 7.05. The van der Waals surface area contributed by atoms with E-state index < -0.39 is 0 Å². The molecule has 1 N–H and O–H groups in total. The van der Waals surface area contributed by atoms with Gasteiger partial charge in [-0.05, 0) is 0 Å². The average molecular weight is 413 g/mol. The summed E-state index contributed by atoms with van der Waals surface area (Å²) in [6.07, 6.45) is 0. The van der Waals surface area contributed by atoms with Crippen molar-refractivity contribution in [1.82, 2.24) is 5.32 Å². The van der Waals surface area contributed by atoms with Crippen molar-refractivity contribution < 1.29 is 4.79 Å². The topological polar surface area (TPSA) is 29.1 Å². The molecular formula is C21H16ClNOSe. The first-order valence-electron chi connectivity index (χ1n) is 8.09. The minimum atomic E-state index is -0.0418. The summed E-state index contributed by atoms with van der Waals surface area (Å²) in [5, 5.41) is 3.89. The number of nitrogens with one attached hydrogen (secondary N) is 1. The summed E-state index contributed by atoms with van der Waals surface area (Å²) < 4.78 is 1.31. The second-order valence-corrected chi connectivity index (χ2v) is 8.93. The van der Waals surface area contributed by atoms with E-state index in [9.17, 15) is 4.79 Å². The molecule has 1 aliphatic heterocycles. The van der Waals surface area contributed by atoms with Crippen LogP contribution < -0.4 is 9.78 Å². The zero-order valence-corrected chi connectivity index (χ0v) is 15.8. The Morgan fingerprint density at radius 3 is 2.28 bits per heavy atom. The molecule has 25 heavy (non-hydrogen) atoms. The molecule has 4 rings (SSSR count). The standard InChI is InChI=1S/C21H16ClNOSe/c22-15-11-12-17-18(13-15)20(25-16-9-5-2-6-10-16)19(23-21(17)24)14-7-3-1-4-8-14/h1-13,19-20H,(H,23,24). The number of rotatable bonds is 3. The van der Waals surface area contributed by atoms with Crippen LogP contribution in [0, 0.1) is 0 Å². The van der Waals surface area contributed by atoms with Crippen molar-refractivity contribution in [3.63, 3.8) is 0 Å². The van der Waals surface area contributed by atoms with Gasteiger partial charge in [0, 0.05) is 0 Å². The van der Waals surface area contributed by atoms with E-state index in [-0.39, 0.29) is 31.7 Å². The number of amides is 1. The summed E-state index contributed by atoms with van der Waals surface area (Å²) in [7, 11) is 0. The monoisotopic (exact) mass is 413 g/mol.